The van der Waals surface area contributed by atoms with Gasteiger partial charge in [-0.2, -0.15) is 0 Å². The van der Waals surface area contributed by atoms with Crippen molar-refractivity contribution in [2.75, 3.05) is 59.1 Å². The van der Waals surface area contributed by atoms with Gasteiger partial charge in [-0.1, -0.05) is 12.8 Å². The SMILES string of the molecule is CC(CCOC(=O)CCN1CCCCC1)OCC(C)OCC(C)OC(=O)CCN1CCCCC1. The van der Waals surface area contributed by atoms with Crippen molar-refractivity contribution in [3.05, 3.63) is 0 Å². The minimum absolute atomic E-state index is 0.0222. The van der Waals surface area contributed by atoms with Gasteiger partial charge in [-0.25, -0.2) is 0 Å². The first-order chi connectivity index (χ1) is 16.4. The Bertz CT molecular complexity index is 563. The largest absolute Gasteiger partial charge is 0.466 e. The summed E-state index contributed by atoms with van der Waals surface area (Å²) >= 11 is 0. The molecule has 0 radical (unpaired) electrons. The highest BCUT2D eigenvalue weighted by molar-refractivity contribution is 5.70. The Balaban J connectivity index is 1.44. The zero-order valence-corrected chi connectivity index (χ0v) is 21.8. The van der Waals surface area contributed by atoms with Crippen LogP contribution in [0.25, 0.3) is 0 Å². The van der Waals surface area contributed by atoms with Crippen LogP contribution in [-0.4, -0.2) is 99.1 Å². The molecule has 0 aliphatic carbocycles. The van der Waals surface area contributed by atoms with Gasteiger partial charge in [0.2, 0.25) is 0 Å². The van der Waals surface area contributed by atoms with Crippen LogP contribution < -0.4 is 0 Å². The van der Waals surface area contributed by atoms with Crippen LogP contribution in [0.3, 0.4) is 0 Å². The van der Waals surface area contributed by atoms with Gasteiger partial charge in [0.05, 0.1) is 44.9 Å². The average Bonchev–Trinajstić information content (AvgIpc) is 2.85. The molecule has 0 N–H and O–H groups in total. The molecular weight excluding hydrogens is 436 g/mol. The van der Waals surface area contributed by atoms with E-state index in [0.717, 1.165) is 39.3 Å². The summed E-state index contributed by atoms with van der Waals surface area (Å²) in [6.07, 6.45) is 8.65. The Hall–Kier alpha value is -1.22. The first-order valence-corrected chi connectivity index (χ1v) is 13.5. The molecule has 0 aromatic carbocycles. The van der Waals surface area contributed by atoms with Crippen molar-refractivity contribution in [2.24, 2.45) is 0 Å². The molecule has 3 atom stereocenters. The molecule has 3 unspecified atom stereocenters. The number of esters is 2. The van der Waals surface area contributed by atoms with Crippen LogP contribution in [0, 0.1) is 0 Å². The van der Waals surface area contributed by atoms with Crippen LogP contribution in [0.2, 0.25) is 0 Å². The smallest absolute Gasteiger partial charge is 0.307 e. The lowest BCUT2D eigenvalue weighted by atomic mass is 10.1. The molecule has 0 aromatic heterocycles. The Kier molecular flexibility index (Phi) is 14.7. The second kappa shape index (κ2) is 17.2. The van der Waals surface area contributed by atoms with E-state index in [1.165, 1.54) is 38.5 Å². The number of rotatable bonds is 16. The summed E-state index contributed by atoms with van der Waals surface area (Å²) in [5, 5.41) is 0. The van der Waals surface area contributed by atoms with E-state index < -0.39 is 0 Å². The van der Waals surface area contributed by atoms with Crippen molar-refractivity contribution in [1.82, 2.24) is 9.80 Å². The minimum Gasteiger partial charge on any atom is -0.466 e. The van der Waals surface area contributed by atoms with Crippen molar-refractivity contribution < 1.29 is 28.5 Å². The number of nitrogens with zero attached hydrogens (tertiary/aromatic N) is 2. The molecule has 0 spiro atoms. The summed E-state index contributed by atoms with van der Waals surface area (Å²) in [4.78, 5) is 28.7. The van der Waals surface area contributed by atoms with E-state index in [4.69, 9.17) is 18.9 Å². The van der Waals surface area contributed by atoms with Gasteiger partial charge in [0.15, 0.2) is 0 Å². The second-order valence-corrected chi connectivity index (χ2v) is 9.90. The molecule has 2 aliphatic rings. The summed E-state index contributed by atoms with van der Waals surface area (Å²) in [6, 6.07) is 0. The zero-order valence-electron chi connectivity index (χ0n) is 21.8. The lowest BCUT2D eigenvalue weighted by Crippen LogP contribution is -2.33. The number of carbonyl (C=O) groups excluding carboxylic acids is 2. The molecule has 2 rings (SSSR count). The first kappa shape index (κ1) is 29.0. The number of hydrogen-bond donors (Lipinski definition) is 0. The average molecular weight is 485 g/mol. The summed E-state index contributed by atoms with van der Waals surface area (Å²) in [7, 11) is 0. The van der Waals surface area contributed by atoms with Crippen LogP contribution in [0.5, 0.6) is 0 Å². The molecule has 8 heteroatoms. The van der Waals surface area contributed by atoms with E-state index in [-0.39, 0.29) is 30.3 Å². The normalized spacial score (nSPS) is 20.4. The standard InChI is InChI=1S/C26H48N2O6/c1-22(12-19-31-25(29)10-17-27-13-6-4-7-14-27)32-20-23(2)33-21-24(3)34-26(30)11-18-28-15-8-5-9-16-28/h22-24H,4-21H2,1-3H3. The molecule has 2 aliphatic heterocycles. The van der Waals surface area contributed by atoms with Gasteiger partial charge >= 0.3 is 11.9 Å². The Morgan fingerprint density at radius 3 is 1.76 bits per heavy atom. The van der Waals surface area contributed by atoms with Crippen molar-refractivity contribution in [3.8, 4) is 0 Å². The monoisotopic (exact) mass is 484 g/mol. The van der Waals surface area contributed by atoms with E-state index in [1.807, 2.05) is 20.8 Å². The maximum atomic E-state index is 12.1. The molecule has 34 heavy (non-hydrogen) atoms. The van der Waals surface area contributed by atoms with Crippen LogP contribution in [-0.2, 0) is 28.5 Å². The van der Waals surface area contributed by atoms with Gasteiger partial charge in [0, 0.05) is 19.5 Å². The lowest BCUT2D eigenvalue weighted by molar-refractivity contribution is -0.153. The van der Waals surface area contributed by atoms with Crippen LogP contribution in [0.1, 0.15) is 78.6 Å². The summed E-state index contributed by atoms with van der Waals surface area (Å²) < 4.78 is 22.4. The van der Waals surface area contributed by atoms with Crippen molar-refractivity contribution in [2.45, 2.75) is 96.9 Å². The second-order valence-electron chi connectivity index (χ2n) is 9.90. The van der Waals surface area contributed by atoms with Crippen LogP contribution in [0.4, 0.5) is 0 Å². The molecule has 2 saturated heterocycles. The molecule has 2 heterocycles. The van der Waals surface area contributed by atoms with E-state index in [1.54, 1.807) is 0 Å². The predicted molar refractivity (Wildman–Crippen MR) is 132 cm³/mol. The number of hydrogen-bond acceptors (Lipinski definition) is 8. The van der Waals surface area contributed by atoms with E-state index in [0.29, 0.717) is 39.1 Å². The van der Waals surface area contributed by atoms with Crippen LogP contribution in [0.15, 0.2) is 0 Å². The highest BCUT2D eigenvalue weighted by atomic mass is 16.6. The van der Waals surface area contributed by atoms with Gasteiger partial charge in [-0.15, -0.1) is 0 Å². The van der Waals surface area contributed by atoms with Gasteiger partial charge < -0.3 is 28.7 Å². The first-order valence-electron chi connectivity index (χ1n) is 13.5. The molecule has 0 saturated carbocycles. The van der Waals surface area contributed by atoms with E-state index >= 15 is 0 Å². The number of ether oxygens (including phenoxy) is 4. The molecule has 8 nitrogen and oxygen atoms in total. The Morgan fingerprint density at radius 1 is 0.676 bits per heavy atom. The minimum atomic E-state index is -0.280. The quantitative estimate of drug-likeness (QED) is 0.309. The lowest BCUT2D eigenvalue weighted by Gasteiger charge is -2.26. The van der Waals surface area contributed by atoms with Gasteiger partial charge in [-0.05, 0) is 72.6 Å². The number of likely N-dealkylation sites (tertiary alicyclic amines) is 2. The third kappa shape index (κ3) is 13.6. The molecule has 2 fully saturated rings. The maximum absolute atomic E-state index is 12.1. The summed E-state index contributed by atoms with van der Waals surface area (Å²) in [5.74, 6) is -0.293. The maximum Gasteiger partial charge on any atom is 0.307 e. The molecule has 0 amide bonds. The third-order valence-electron chi connectivity index (χ3n) is 6.51. The topological polar surface area (TPSA) is 77.5 Å². The van der Waals surface area contributed by atoms with Gasteiger partial charge in [-0.3, -0.25) is 9.59 Å². The fraction of sp³-hybridized carbons (Fsp3) is 0.923. The van der Waals surface area contributed by atoms with E-state index in [2.05, 4.69) is 9.80 Å². The highest BCUT2D eigenvalue weighted by Gasteiger charge is 2.16. The fourth-order valence-electron chi connectivity index (χ4n) is 4.32. The van der Waals surface area contributed by atoms with Crippen molar-refractivity contribution in [1.29, 1.82) is 0 Å². The Morgan fingerprint density at radius 2 is 1.18 bits per heavy atom. The van der Waals surface area contributed by atoms with Crippen molar-refractivity contribution >= 4 is 11.9 Å². The fourth-order valence-corrected chi connectivity index (χ4v) is 4.32. The predicted octanol–water partition coefficient (Wildman–Crippen LogP) is 3.41. The summed E-state index contributed by atoms with van der Waals surface area (Å²) in [6.45, 7) is 12.9. The number of piperidine rings is 2. The molecule has 0 bridgehead atoms. The third-order valence-corrected chi connectivity index (χ3v) is 6.51. The molecular formula is C26H48N2O6. The molecule has 0 aromatic rings. The summed E-state index contributed by atoms with van der Waals surface area (Å²) in [5.41, 5.74) is 0. The molecule has 198 valence electrons. The van der Waals surface area contributed by atoms with Gasteiger partial charge in [0.1, 0.15) is 6.10 Å². The van der Waals surface area contributed by atoms with Crippen LogP contribution >= 0.6 is 0 Å². The Labute approximate surface area is 206 Å². The van der Waals surface area contributed by atoms with E-state index in [9.17, 15) is 9.59 Å². The van der Waals surface area contributed by atoms with Crippen molar-refractivity contribution in [3.63, 3.8) is 0 Å². The van der Waals surface area contributed by atoms with Gasteiger partial charge in [0.25, 0.3) is 0 Å². The zero-order chi connectivity index (χ0) is 24.6. The number of carbonyl (C=O) groups is 2. The highest BCUT2D eigenvalue weighted by Crippen LogP contribution is 2.10.